The summed E-state index contributed by atoms with van der Waals surface area (Å²) in [7, 11) is 0. The molecule has 4 aromatic heterocycles. The van der Waals surface area contributed by atoms with Gasteiger partial charge in [-0.05, 0) is 132 Å². The van der Waals surface area contributed by atoms with Crippen LogP contribution in [0.25, 0.3) is 52.6 Å². The van der Waals surface area contributed by atoms with Crippen LogP contribution in [-0.2, 0) is 5.41 Å². The van der Waals surface area contributed by atoms with Crippen LogP contribution in [0.3, 0.4) is 0 Å². The van der Waals surface area contributed by atoms with Gasteiger partial charge in [-0.2, -0.15) is 21.0 Å². The van der Waals surface area contributed by atoms with E-state index in [4.69, 9.17) is 9.47 Å². The third-order valence-electron chi connectivity index (χ3n) is 18.7. The Morgan fingerprint density at radius 2 is 0.791 bits per heavy atom. The third kappa shape index (κ3) is 14.0. The van der Waals surface area contributed by atoms with Crippen LogP contribution in [0.4, 0.5) is 17.6 Å². The predicted molar refractivity (Wildman–Crippen MR) is 362 cm³/mol. The van der Waals surface area contributed by atoms with Gasteiger partial charge in [0.05, 0.1) is 23.0 Å². The third-order valence-corrected chi connectivity index (χ3v) is 23.6. The monoisotopic (exact) mass is 1300 g/mol. The molecule has 16 heteroatoms. The van der Waals surface area contributed by atoms with E-state index in [-0.39, 0.29) is 56.4 Å². The molecule has 3 aliphatic carbocycles. The Morgan fingerprint density at radius 1 is 0.462 bits per heavy atom. The molecule has 4 atom stereocenters. The standard InChI is InChI=1S/C75H78F4N4O4S4/c1-9-17-21-43(13-5)35-75(36-44(14-6)22-18-10-2)57-33-65(73-63(86-41-45(15-7)23-19-11-3)27-49(88-73)25-55-67(47(37-80)38-81)51-29-59(76)61(78)31-53(51)69(55)84)90-71(57)72-58(75)34-66(91-72)74-64(87-42-46(16-8)24-20-12-4)28-50(89-74)26-56-68(48(39-82)40-83)52-30-60(77)62(79)32-54(52)70(56)85/h25-34,43-46H,9-24,35-36,41-42H2,1-8H3/b55-25-,56-26-. The number of halogens is 4. The molecule has 0 fully saturated rings. The summed E-state index contributed by atoms with van der Waals surface area (Å²) in [5.74, 6) is -3.49. The minimum atomic E-state index is -1.21. The number of ether oxygens (including phenoxy) is 2. The largest absolute Gasteiger partial charge is 0.492 e. The molecule has 6 aromatic rings. The number of ketones is 2. The highest BCUT2D eigenvalue weighted by molar-refractivity contribution is 7.29. The lowest BCUT2D eigenvalue weighted by molar-refractivity contribution is 0.103. The zero-order chi connectivity index (χ0) is 65.3. The van der Waals surface area contributed by atoms with E-state index in [1.165, 1.54) is 33.8 Å². The lowest BCUT2D eigenvalue weighted by atomic mass is 9.65. The number of rotatable bonds is 30. The van der Waals surface area contributed by atoms with Crippen LogP contribution in [0.15, 0.2) is 70.8 Å². The molecule has 0 N–H and O–H groups in total. The Hall–Kier alpha value is -7.18. The maximum Gasteiger partial charge on any atom is 0.194 e. The molecular formula is C75H78F4N4O4S4. The highest BCUT2D eigenvalue weighted by atomic mass is 32.1. The van der Waals surface area contributed by atoms with Gasteiger partial charge < -0.3 is 9.47 Å². The molecule has 0 aliphatic heterocycles. The molecule has 474 valence electrons. The summed E-state index contributed by atoms with van der Waals surface area (Å²) in [6.45, 7) is 18.7. The molecule has 91 heavy (non-hydrogen) atoms. The van der Waals surface area contributed by atoms with E-state index in [0.717, 1.165) is 169 Å². The predicted octanol–water partition coefficient (Wildman–Crippen LogP) is 22.7. The van der Waals surface area contributed by atoms with Crippen molar-refractivity contribution in [3.8, 4) is 65.0 Å². The fraction of sp³-hybridized carbons (Fsp3) is 0.440. The molecule has 2 aromatic carbocycles. The van der Waals surface area contributed by atoms with Crippen molar-refractivity contribution in [2.75, 3.05) is 13.2 Å². The van der Waals surface area contributed by atoms with E-state index in [1.54, 1.807) is 34.8 Å². The number of hydrogen-bond donors (Lipinski definition) is 0. The summed E-state index contributed by atoms with van der Waals surface area (Å²) in [5, 5.41) is 40.8. The number of carbonyl (C=O) groups excluding carboxylic acids is 2. The van der Waals surface area contributed by atoms with Gasteiger partial charge in [0.1, 0.15) is 46.9 Å². The highest BCUT2D eigenvalue weighted by Gasteiger charge is 2.49. The second-order valence-electron chi connectivity index (χ2n) is 24.5. The molecule has 4 heterocycles. The van der Waals surface area contributed by atoms with E-state index in [1.807, 2.05) is 36.4 Å². The van der Waals surface area contributed by atoms with E-state index >= 15 is 0 Å². The first-order valence-electron chi connectivity index (χ1n) is 32.5. The number of Topliss-reactive ketones (excluding diaryl/α,β-unsaturated/α-hetero) is 2. The van der Waals surface area contributed by atoms with Gasteiger partial charge in [-0.15, -0.1) is 45.3 Å². The lowest BCUT2D eigenvalue weighted by Gasteiger charge is -2.37. The Bertz CT molecular complexity index is 3760. The number of benzene rings is 2. The number of nitriles is 4. The van der Waals surface area contributed by atoms with Gasteiger partial charge in [0, 0.05) is 68.1 Å². The summed E-state index contributed by atoms with van der Waals surface area (Å²) in [6, 6.07) is 19.6. The minimum Gasteiger partial charge on any atom is -0.492 e. The van der Waals surface area contributed by atoms with Gasteiger partial charge in [-0.1, -0.05) is 145 Å². The highest BCUT2D eigenvalue weighted by Crippen LogP contribution is 2.64. The normalized spacial score (nSPS) is 16.9. The average Bonchev–Trinajstić information content (AvgIpc) is 1.55. The summed E-state index contributed by atoms with van der Waals surface area (Å²) in [6.07, 6.45) is 21.5. The Balaban J connectivity index is 1.27. The van der Waals surface area contributed by atoms with Crippen LogP contribution in [0.2, 0.25) is 0 Å². The molecule has 0 spiro atoms. The first kappa shape index (κ1) is 68.2. The topological polar surface area (TPSA) is 148 Å². The summed E-state index contributed by atoms with van der Waals surface area (Å²) in [4.78, 5) is 35.8. The molecule has 9 rings (SSSR count). The van der Waals surface area contributed by atoms with Gasteiger partial charge in [0.2, 0.25) is 0 Å². The van der Waals surface area contributed by atoms with Gasteiger partial charge in [0.15, 0.2) is 34.8 Å². The first-order valence-corrected chi connectivity index (χ1v) is 35.7. The quantitative estimate of drug-likeness (QED) is 0.0246. The molecular weight excluding hydrogens is 1230 g/mol. The van der Waals surface area contributed by atoms with Crippen molar-refractivity contribution >= 4 is 80.2 Å². The van der Waals surface area contributed by atoms with Crippen molar-refractivity contribution < 1.29 is 36.6 Å². The summed E-state index contributed by atoms with van der Waals surface area (Å²) in [5.41, 5.74) is 0.950. The van der Waals surface area contributed by atoms with Crippen LogP contribution >= 0.6 is 45.3 Å². The van der Waals surface area contributed by atoms with E-state index in [0.29, 0.717) is 46.3 Å². The van der Waals surface area contributed by atoms with Crippen LogP contribution in [0.1, 0.15) is 224 Å². The maximum atomic E-state index is 14.9. The Kier molecular flexibility index (Phi) is 22.9. The summed E-state index contributed by atoms with van der Waals surface area (Å²) < 4.78 is 73.5. The van der Waals surface area contributed by atoms with Gasteiger partial charge in [0.25, 0.3) is 0 Å². The van der Waals surface area contributed by atoms with E-state index in [9.17, 15) is 48.2 Å². The van der Waals surface area contributed by atoms with Crippen LogP contribution < -0.4 is 9.47 Å². The van der Waals surface area contributed by atoms with Crippen LogP contribution in [0.5, 0.6) is 11.5 Å². The van der Waals surface area contributed by atoms with E-state index < -0.39 is 51.4 Å². The second kappa shape index (κ2) is 30.5. The van der Waals surface area contributed by atoms with Crippen LogP contribution in [0, 0.1) is 92.3 Å². The Morgan fingerprint density at radius 3 is 1.11 bits per heavy atom. The van der Waals surface area contributed by atoms with E-state index in [2.05, 4.69) is 67.5 Å². The van der Waals surface area contributed by atoms with Crippen molar-refractivity contribution in [2.24, 2.45) is 23.7 Å². The molecule has 8 nitrogen and oxygen atoms in total. The van der Waals surface area contributed by atoms with Gasteiger partial charge in [-0.3, -0.25) is 9.59 Å². The number of fused-ring (bicyclic) bond motifs is 5. The molecule has 0 bridgehead atoms. The number of carbonyl (C=O) groups is 2. The lowest BCUT2D eigenvalue weighted by Crippen LogP contribution is -2.31. The number of hydrogen-bond acceptors (Lipinski definition) is 12. The maximum absolute atomic E-state index is 14.9. The van der Waals surface area contributed by atoms with Crippen molar-refractivity contribution in [1.82, 2.24) is 0 Å². The van der Waals surface area contributed by atoms with Crippen molar-refractivity contribution in [1.29, 1.82) is 21.0 Å². The number of thiophene rings is 4. The number of nitrogens with zero attached hydrogens (tertiary/aromatic N) is 4. The average molecular weight is 1300 g/mol. The van der Waals surface area contributed by atoms with Crippen molar-refractivity contribution in [2.45, 2.75) is 176 Å². The summed E-state index contributed by atoms with van der Waals surface area (Å²) >= 11 is 6.28. The van der Waals surface area contributed by atoms with Gasteiger partial charge in [-0.25, -0.2) is 17.6 Å². The molecule has 0 radical (unpaired) electrons. The molecule has 3 aliphatic rings. The smallest absolute Gasteiger partial charge is 0.194 e. The zero-order valence-electron chi connectivity index (χ0n) is 53.3. The molecule has 0 saturated heterocycles. The SMILES string of the molecule is CCCCC(CC)COc1cc(/C=C2\C(=O)c3cc(F)c(F)cc3C2=C(C#N)C#N)sc1-c1cc2c(s1)-c1sc(-c3sc(/C=C4\C(=O)c5cc(F)c(F)cc5C4=C(C#N)C#N)cc3OCC(CC)CCCC)cc1C2(CC(CC)CCCC)CC(CC)CCCC. The number of allylic oxidation sites excluding steroid dienone is 6. The van der Waals surface area contributed by atoms with Crippen molar-refractivity contribution in [3.05, 3.63) is 137 Å². The van der Waals surface area contributed by atoms with Gasteiger partial charge >= 0.3 is 0 Å². The molecule has 0 saturated carbocycles. The first-order chi connectivity index (χ1) is 44.0. The fourth-order valence-corrected chi connectivity index (χ4v) is 18.3. The molecule has 0 amide bonds. The minimum absolute atomic E-state index is 0.00944. The van der Waals surface area contributed by atoms with Crippen LogP contribution in [-0.4, -0.2) is 24.8 Å². The fourth-order valence-electron chi connectivity index (χ4n) is 13.4. The second-order valence-corrected chi connectivity index (χ2v) is 28.8. The molecule has 4 unspecified atom stereocenters. The number of unbranched alkanes of at least 4 members (excludes halogenated alkanes) is 4. The Labute approximate surface area is 549 Å². The zero-order valence-corrected chi connectivity index (χ0v) is 56.6. The van der Waals surface area contributed by atoms with Crippen molar-refractivity contribution in [3.63, 3.8) is 0 Å².